The Hall–Kier alpha value is -2.69. The van der Waals surface area contributed by atoms with Crippen molar-refractivity contribution in [2.45, 2.75) is 33.1 Å². The van der Waals surface area contributed by atoms with Gasteiger partial charge in [-0.05, 0) is 48.2 Å². The Morgan fingerprint density at radius 3 is 2.25 bits per heavy atom. The third kappa shape index (κ3) is 4.65. The molecule has 2 aromatic carbocycles. The molecule has 0 bridgehead atoms. The van der Waals surface area contributed by atoms with Gasteiger partial charge >= 0.3 is 0 Å². The molecule has 24 heavy (non-hydrogen) atoms. The fraction of sp³-hybridized carbons (Fsp3) is 0.263. The van der Waals surface area contributed by atoms with Crippen LogP contribution in [0.3, 0.4) is 0 Å². The van der Waals surface area contributed by atoms with Crippen LogP contribution in [0.5, 0.6) is 0 Å². The molecule has 2 rings (SSSR count). The number of halogens is 1. The Morgan fingerprint density at radius 2 is 1.62 bits per heavy atom. The Labute approximate surface area is 141 Å². The second-order valence-corrected chi connectivity index (χ2v) is 5.97. The van der Waals surface area contributed by atoms with E-state index in [1.165, 1.54) is 24.3 Å². The van der Waals surface area contributed by atoms with Gasteiger partial charge in [-0.2, -0.15) is 0 Å². The van der Waals surface area contributed by atoms with Crippen LogP contribution in [0.25, 0.3) is 0 Å². The van der Waals surface area contributed by atoms with Gasteiger partial charge in [-0.25, -0.2) is 4.39 Å². The Kier molecular flexibility index (Phi) is 5.68. The smallest absolute Gasteiger partial charge is 0.233 e. The van der Waals surface area contributed by atoms with E-state index >= 15 is 0 Å². The summed E-state index contributed by atoms with van der Waals surface area (Å²) in [4.78, 5) is 24.1. The zero-order valence-electron chi connectivity index (χ0n) is 14.0. The van der Waals surface area contributed by atoms with Crippen molar-refractivity contribution >= 4 is 23.2 Å². The van der Waals surface area contributed by atoms with Gasteiger partial charge in [0.15, 0.2) is 0 Å². The van der Waals surface area contributed by atoms with E-state index in [9.17, 15) is 14.0 Å². The minimum Gasteiger partial charge on any atom is -0.326 e. The average Bonchev–Trinajstić information content (AvgIpc) is 2.51. The van der Waals surface area contributed by atoms with Gasteiger partial charge in [-0.15, -0.1) is 0 Å². The molecule has 126 valence electrons. The van der Waals surface area contributed by atoms with Crippen molar-refractivity contribution in [2.75, 3.05) is 10.6 Å². The zero-order valence-corrected chi connectivity index (χ0v) is 14.0. The van der Waals surface area contributed by atoms with Crippen LogP contribution in [0.2, 0.25) is 0 Å². The average molecular weight is 328 g/mol. The molecule has 0 aliphatic rings. The monoisotopic (exact) mass is 328 g/mol. The summed E-state index contributed by atoms with van der Waals surface area (Å²) in [7, 11) is 0. The number of nitrogens with one attached hydrogen (secondary N) is 2. The number of amides is 2. The predicted molar refractivity (Wildman–Crippen MR) is 93.5 cm³/mol. The fourth-order valence-electron chi connectivity index (χ4n) is 2.41. The topological polar surface area (TPSA) is 58.2 Å². The molecule has 2 aromatic rings. The summed E-state index contributed by atoms with van der Waals surface area (Å²) < 4.78 is 12.8. The Morgan fingerprint density at radius 1 is 1.00 bits per heavy atom. The standard InChI is InChI=1S/C19H21FN2O2/c1-12(2)16-6-4-5-13(3)19(16)22-18(24)11-17(23)21-15-9-7-14(20)8-10-15/h4-10,12H,11H2,1-3H3,(H,21,23)(H,22,24). The molecule has 0 saturated heterocycles. The van der Waals surface area contributed by atoms with Gasteiger partial charge in [-0.1, -0.05) is 32.0 Å². The lowest BCUT2D eigenvalue weighted by molar-refractivity contribution is -0.123. The van der Waals surface area contributed by atoms with E-state index in [2.05, 4.69) is 10.6 Å². The van der Waals surface area contributed by atoms with Gasteiger partial charge < -0.3 is 10.6 Å². The lowest BCUT2D eigenvalue weighted by Gasteiger charge is -2.16. The molecular weight excluding hydrogens is 307 g/mol. The van der Waals surface area contributed by atoms with Crippen LogP contribution < -0.4 is 10.6 Å². The first-order valence-corrected chi connectivity index (χ1v) is 7.81. The molecule has 0 spiro atoms. The van der Waals surface area contributed by atoms with Crippen LogP contribution in [-0.4, -0.2) is 11.8 Å². The third-order valence-corrected chi connectivity index (χ3v) is 3.64. The highest BCUT2D eigenvalue weighted by atomic mass is 19.1. The Bertz CT molecular complexity index is 740. The Balaban J connectivity index is 2.01. The summed E-state index contributed by atoms with van der Waals surface area (Å²) in [6.45, 7) is 6.01. The first-order chi connectivity index (χ1) is 11.4. The molecule has 0 radical (unpaired) electrons. The first kappa shape index (κ1) is 17.7. The van der Waals surface area contributed by atoms with E-state index in [1.54, 1.807) is 0 Å². The minimum atomic E-state index is -0.446. The first-order valence-electron chi connectivity index (χ1n) is 7.81. The summed E-state index contributed by atoms with van der Waals surface area (Å²) in [5.74, 6) is -0.954. The zero-order chi connectivity index (χ0) is 17.7. The van der Waals surface area contributed by atoms with Crippen molar-refractivity contribution in [2.24, 2.45) is 0 Å². The molecule has 0 aliphatic carbocycles. The highest BCUT2D eigenvalue weighted by molar-refractivity contribution is 6.08. The van der Waals surface area contributed by atoms with Crippen molar-refractivity contribution in [1.82, 2.24) is 0 Å². The molecule has 0 heterocycles. The highest BCUT2D eigenvalue weighted by Crippen LogP contribution is 2.27. The molecular formula is C19H21FN2O2. The van der Waals surface area contributed by atoms with E-state index in [0.717, 1.165) is 16.8 Å². The van der Waals surface area contributed by atoms with Gasteiger partial charge in [0, 0.05) is 11.4 Å². The van der Waals surface area contributed by atoms with Crippen molar-refractivity contribution in [1.29, 1.82) is 0 Å². The van der Waals surface area contributed by atoms with Gasteiger partial charge in [0.05, 0.1) is 0 Å². The van der Waals surface area contributed by atoms with Crippen molar-refractivity contribution < 1.29 is 14.0 Å². The van der Waals surface area contributed by atoms with E-state index in [-0.39, 0.29) is 24.1 Å². The largest absolute Gasteiger partial charge is 0.326 e. The number of carbonyl (C=O) groups excluding carboxylic acids is 2. The van der Waals surface area contributed by atoms with Gasteiger partial charge in [0.1, 0.15) is 12.2 Å². The van der Waals surface area contributed by atoms with E-state index in [0.29, 0.717) is 5.69 Å². The molecule has 5 heteroatoms. The SMILES string of the molecule is Cc1cccc(C(C)C)c1NC(=O)CC(=O)Nc1ccc(F)cc1. The van der Waals surface area contributed by atoms with Crippen LogP contribution in [0.4, 0.5) is 15.8 Å². The molecule has 4 nitrogen and oxygen atoms in total. The van der Waals surface area contributed by atoms with Crippen LogP contribution in [-0.2, 0) is 9.59 Å². The molecule has 2 amide bonds. The minimum absolute atomic E-state index is 0.258. The van der Waals surface area contributed by atoms with Gasteiger partial charge in [0.25, 0.3) is 0 Å². The maximum absolute atomic E-state index is 12.8. The van der Waals surface area contributed by atoms with Crippen LogP contribution >= 0.6 is 0 Å². The molecule has 0 aromatic heterocycles. The summed E-state index contributed by atoms with van der Waals surface area (Å²) in [5, 5.41) is 5.40. The summed E-state index contributed by atoms with van der Waals surface area (Å²) in [6.07, 6.45) is -0.302. The lowest BCUT2D eigenvalue weighted by Crippen LogP contribution is -2.22. The van der Waals surface area contributed by atoms with Crippen molar-refractivity contribution in [3.8, 4) is 0 Å². The fourth-order valence-corrected chi connectivity index (χ4v) is 2.41. The summed E-state index contributed by atoms with van der Waals surface area (Å²) >= 11 is 0. The van der Waals surface area contributed by atoms with E-state index in [1.807, 2.05) is 39.0 Å². The second-order valence-electron chi connectivity index (χ2n) is 5.97. The summed E-state index contributed by atoms with van der Waals surface area (Å²) in [6, 6.07) is 11.2. The number of carbonyl (C=O) groups is 2. The van der Waals surface area contributed by atoms with Crippen LogP contribution in [0, 0.1) is 12.7 Å². The summed E-state index contributed by atoms with van der Waals surface area (Å²) in [5.41, 5.74) is 3.19. The number of anilines is 2. The van der Waals surface area contributed by atoms with E-state index in [4.69, 9.17) is 0 Å². The maximum atomic E-state index is 12.8. The normalized spacial score (nSPS) is 10.5. The maximum Gasteiger partial charge on any atom is 0.233 e. The number of rotatable bonds is 5. The van der Waals surface area contributed by atoms with Gasteiger partial charge in [-0.3, -0.25) is 9.59 Å². The quantitative estimate of drug-likeness (QED) is 0.807. The third-order valence-electron chi connectivity index (χ3n) is 3.64. The number of hydrogen-bond acceptors (Lipinski definition) is 2. The molecule has 0 saturated carbocycles. The molecule has 0 atom stereocenters. The van der Waals surface area contributed by atoms with Crippen molar-refractivity contribution in [3.63, 3.8) is 0 Å². The lowest BCUT2D eigenvalue weighted by atomic mass is 9.98. The number of benzene rings is 2. The highest BCUT2D eigenvalue weighted by Gasteiger charge is 2.14. The molecule has 0 unspecified atom stereocenters. The van der Waals surface area contributed by atoms with Crippen LogP contribution in [0.1, 0.15) is 37.3 Å². The molecule has 0 fully saturated rings. The van der Waals surface area contributed by atoms with Crippen LogP contribution in [0.15, 0.2) is 42.5 Å². The second kappa shape index (κ2) is 7.73. The number of aryl methyl sites for hydroxylation is 1. The van der Waals surface area contributed by atoms with Gasteiger partial charge in [0.2, 0.25) is 11.8 Å². The predicted octanol–water partition coefficient (Wildman–Crippen LogP) is 4.22. The molecule has 0 aliphatic heterocycles. The number of hydrogen-bond donors (Lipinski definition) is 2. The molecule has 2 N–H and O–H groups in total. The number of para-hydroxylation sites is 1. The van der Waals surface area contributed by atoms with Crippen molar-refractivity contribution in [3.05, 3.63) is 59.4 Å². The van der Waals surface area contributed by atoms with E-state index < -0.39 is 5.91 Å².